The first kappa shape index (κ1) is 7.79. The van der Waals surface area contributed by atoms with E-state index in [1.54, 1.807) is 6.33 Å². The molecule has 4 nitrogen and oxygen atoms in total. The van der Waals surface area contributed by atoms with Crippen LogP contribution in [-0.4, -0.2) is 14.8 Å². The molecule has 0 radical (unpaired) electrons. The van der Waals surface area contributed by atoms with Crippen molar-refractivity contribution in [2.24, 2.45) is 0 Å². The molecule has 4 heteroatoms. The molecular weight excluding hydrogens is 164 g/mol. The number of nitrogen functional groups attached to an aromatic ring is 1. The fraction of sp³-hybridized carbons (Fsp3) is 0.111. The summed E-state index contributed by atoms with van der Waals surface area (Å²) in [4.78, 5) is 0. The summed E-state index contributed by atoms with van der Waals surface area (Å²) in [7, 11) is 0. The summed E-state index contributed by atoms with van der Waals surface area (Å²) in [5.74, 6) is 0.866. The molecule has 2 N–H and O–H groups in total. The fourth-order valence-corrected chi connectivity index (χ4v) is 1.18. The molecule has 0 aliphatic carbocycles. The zero-order chi connectivity index (χ0) is 9.26. The van der Waals surface area contributed by atoms with Crippen molar-refractivity contribution >= 4 is 5.69 Å². The van der Waals surface area contributed by atoms with Crippen LogP contribution >= 0.6 is 0 Å². The third kappa shape index (κ3) is 1.38. The molecule has 0 saturated heterocycles. The molecule has 0 aliphatic heterocycles. The van der Waals surface area contributed by atoms with Crippen LogP contribution in [-0.2, 0) is 0 Å². The van der Waals surface area contributed by atoms with Gasteiger partial charge in [-0.2, -0.15) is 0 Å². The van der Waals surface area contributed by atoms with Crippen LogP contribution in [0.15, 0.2) is 30.6 Å². The number of nitrogens with two attached hydrogens (primary N) is 1. The average Bonchev–Trinajstić information content (AvgIpc) is 2.53. The van der Waals surface area contributed by atoms with Gasteiger partial charge in [0, 0.05) is 11.4 Å². The zero-order valence-electron chi connectivity index (χ0n) is 7.31. The molecule has 0 atom stereocenters. The Morgan fingerprint density at radius 1 is 1.23 bits per heavy atom. The molecule has 13 heavy (non-hydrogen) atoms. The summed E-state index contributed by atoms with van der Waals surface area (Å²) in [6.07, 6.45) is 1.68. The van der Waals surface area contributed by atoms with Gasteiger partial charge in [-0.1, -0.05) is 0 Å². The zero-order valence-corrected chi connectivity index (χ0v) is 7.31. The number of hydrogen-bond donors (Lipinski definition) is 1. The quantitative estimate of drug-likeness (QED) is 0.660. The van der Waals surface area contributed by atoms with E-state index in [1.807, 2.05) is 35.8 Å². The van der Waals surface area contributed by atoms with Crippen molar-refractivity contribution < 1.29 is 0 Å². The highest BCUT2D eigenvalue weighted by atomic mass is 15.3. The Kier molecular flexibility index (Phi) is 1.73. The Hall–Kier alpha value is -1.84. The van der Waals surface area contributed by atoms with Gasteiger partial charge in [0.25, 0.3) is 0 Å². The van der Waals surface area contributed by atoms with E-state index in [1.165, 1.54) is 0 Å². The molecule has 66 valence electrons. The molecule has 0 bridgehead atoms. The lowest BCUT2D eigenvalue weighted by Crippen LogP contribution is -1.95. The molecule has 2 rings (SSSR count). The van der Waals surface area contributed by atoms with Crippen molar-refractivity contribution in [1.29, 1.82) is 0 Å². The minimum absolute atomic E-state index is 0.759. The minimum Gasteiger partial charge on any atom is -0.399 e. The molecule has 0 fully saturated rings. The molecule has 0 spiro atoms. The van der Waals surface area contributed by atoms with Crippen LogP contribution in [0.3, 0.4) is 0 Å². The van der Waals surface area contributed by atoms with Crippen LogP contribution in [0.2, 0.25) is 0 Å². The second-order valence-electron chi connectivity index (χ2n) is 2.84. The van der Waals surface area contributed by atoms with Gasteiger partial charge in [-0.3, -0.25) is 4.57 Å². The van der Waals surface area contributed by atoms with Gasteiger partial charge in [0.1, 0.15) is 12.2 Å². The van der Waals surface area contributed by atoms with Gasteiger partial charge in [0.05, 0.1) is 0 Å². The number of rotatable bonds is 1. The maximum atomic E-state index is 5.58. The van der Waals surface area contributed by atoms with Gasteiger partial charge >= 0.3 is 0 Å². The number of aromatic nitrogens is 3. The standard InChI is InChI=1S/C9H10N4/c1-7-12-11-6-13(7)9-4-2-8(10)3-5-9/h2-6H,10H2,1H3. The van der Waals surface area contributed by atoms with Gasteiger partial charge in [-0.15, -0.1) is 10.2 Å². The lowest BCUT2D eigenvalue weighted by Gasteiger charge is -2.02. The van der Waals surface area contributed by atoms with Crippen molar-refractivity contribution in [3.8, 4) is 5.69 Å². The van der Waals surface area contributed by atoms with E-state index in [9.17, 15) is 0 Å². The van der Waals surface area contributed by atoms with Gasteiger partial charge in [-0.05, 0) is 31.2 Å². The fourth-order valence-electron chi connectivity index (χ4n) is 1.18. The van der Waals surface area contributed by atoms with Crippen molar-refractivity contribution in [3.05, 3.63) is 36.4 Å². The Bertz CT molecular complexity index is 402. The summed E-state index contributed by atoms with van der Waals surface area (Å²) in [5, 5.41) is 7.70. The van der Waals surface area contributed by atoms with E-state index in [4.69, 9.17) is 5.73 Å². The van der Waals surface area contributed by atoms with Crippen LogP contribution < -0.4 is 5.73 Å². The molecule has 0 saturated carbocycles. The molecular formula is C9H10N4. The largest absolute Gasteiger partial charge is 0.399 e. The summed E-state index contributed by atoms with van der Waals surface area (Å²) in [5.41, 5.74) is 7.36. The maximum Gasteiger partial charge on any atom is 0.134 e. The second kappa shape index (κ2) is 2.90. The molecule has 1 aromatic carbocycles. The predicted molar refractivity (Wildman–Crippen MR) is 50.5 cm³/mol. The SMILES string of the molecule is Cc1nncn1-c1ccc(N)cc1. The van der Waals surface area contributed by atoms with Crippen molar-refractivity contribution in [2.45, 2.75) is 6.92 Å². The van der Waals surface area contributed by atoms with Crippen LogP contribution in [0, 0.1) is 6.92 Å². The van der Waals surface area contributed by atoms with Crippen LogP contribution in [0.1, 0.15) is 5.82 Å². The summed E-state index contributed by atoms with van der Waals surface area (Å²) < 4.78 is 1.90. The lowest BCUT2D eigenvalue weighted by atomic mass is 10.3. The van der Waals surface area contributed by atoms with E-state index >= 15 is 0 Å². The van der Waals surface area contributed by atoms with E-state index in [-0.39, 0.29) is 0 Å². The second-order valence-corrected chi connectivity index (χ2v) is 2.84. The van der Waals surface area contributed by atoms with Gasteiger partial charge in [0.15, 0.2) is 0 Å². The molecule has 0 aliphatic rings. The van der Waals surface area contributed by atoms with Gasteiger partial charge in [0.2, 0.25) is 0 Å². The van der Waals surface area contributed by atoms with Crippen LogP contribution in [0.25, 0.3) is 5.69 Å². The third-order valence-corrected chi connectivity index (χ3v) is 1.89. The van der Waals surface area contributed by atoms with Crippen LogP contribution in [0.4, 0.5) is 5.69 Å². The Morgan fingerprint density at radius 3 is 2.46 bits per heavy atom. The molecule has 2 aromatic rings. The van der Waals surface area contributed by atoms with Crippen molar-refractivity contribution in [3.63, 3.8) is 0 Å². The summed E-state index contributed by atoms with van der Waals surface area (Å²) in [6.45, 7) is 1.91. The number of nitrogens with zero attached hydrogens (tertiary/aromatic N) is 3. The first-order chi connectivity index (χ1) is 6.27. The predicted octanol–water partition coefficient (Wildman–Crippen LogP) is 1.16. The summed E-state index contributed by atoms with van der Waals surface area (Å²) in [6, 6.07) is 7.58. The van der Waals surface area contributed by atoms with Gasteiger partial charge in [-0.25, -0.2) is 0 Å². The highest BCUT2D eigenvalue weighted by Gasteiger charge is 1.99. The number of hydrogen-bond acceptors (Lipinski definition) is 3. The van der Waals surface area contributed by atoms with E-state index < -0.39 is 0 Å². The number of benzene rings is 1. The number of aryl methyl sites for hydroxylation is 1. The normalized spacial score (nSPS) is 10.2. The van der Waals surface area contributed by atoms with E-state index in [2.05, 4.69) is 10.2 Å². The molecule has 0 unspecified atom stereocenters. The average molecular weight is 174 g/mol. The van der Waals surface area contributed by atoms with Gasteiger partial charge < -0.3 is 5.73 Å². The third-order valence-electron chi connectivity index (χ3n) is 1.89. The van der Waals surface area contributed by atoms with E-state index in [0.717, 1.165) is 17.2 Å². The highest BCUT2D eigenvalue weighted by molar-refractivity contribution is 5.45. The highest BCUT2D eigenvalue weighted by Crippen LogP contribution is 2.11. The van der Waals surface area contributed by atoms with Crippen molar-refractivity contribution in [1.82, 2.24) is 14.8 Å². The van der Waals surface area contributed by atoms with E-state index in [0.29, 0.717) is 0 Å². The smallest absolute Gasteiger partial charge is 0.134 e. The Balaban J connectivity index is 2.47. The Morgan fingerprint density at radius 2 is 1.92 bits per heavy atom. The Labute approximate surface area is 76.0 Å². The van der Waals surface area contributed by atoms with Crippen molar-refractivity contribution in [2.75, 3.05) is 5.73 Å². The molecule has 1 aromatic heterocycles. The van der Waals surface area contributed by atoms with Crippen LogP contribution in [0.5, 0.6) is 0 Å². The monoisotopic (exact) mass is 174 g/mol. The first-order valence-corrected chi connectivity index (χ1v) is 4.00. The first-order valence-electron chi connectivity index (χ1n) is 4.00. The molecule has 1 heterocycles. The lowest BCUT2D eigenvalue weighted by molar-refractivity contribution is 0.970. The number of anilines is 1. The maximum absolute atomic E-state index is 5.58. The molecule has 0 amide bonds. The topological polar surface area (TPSA) is 56.7 Å². The minimum atomic E-state index is 0.759. The summed E-state index contributed by atoms with van der Waals surface area (Å²) >= 11 is 0.